The molecule has 1 aromatic heterocycles. The average Bonchev–Trinajstić information content (AvgIpc) is 3.24. The van der Waals surface area contributed by atoms with Crippen LogP contribution in [0.4, 0.5) is 0 Å². The van der Waals surface area contributed by atoms with E-state index in [1.54, 1.807) is 29.6 Å². The van der Waals surface area contributed by atoms with Gasteiger partial charge in [-0.15, -0.1) is 11.3 Å². The Hall–Kier alpha value is -3.32. The first-order valence-corrected chi connectivity index (χ1v) is 9.56. The first kappa shape index (κ1) is 19.4. The number of aromatic nitrogens is 1. The van der Waals surface area contributed by atoms with Gasteiger partial charge in [-0.1, -0.05) is 49.4 Å². The lowest BCUT2D eigenvalue weighted by Gasteiger charge is -2.02. The summed E-state index contributed by atoms with van der Waals surface area (Å²) < 4.78 is 4.74. The molecule has 3 rings (SSSR count). The van der Waals surface area contributed by atoms with Crippen LogP contribution in [0, 0.1) is 0 Å². The van der Waals surface area contributed by atoms with Crippen LogP contribution in [0.2, 0.25) is 0 Å². The second-order valence-electron chi connectivity index (χ2n) is 5.87. The molecule has 2 aromatic carbocycles. The van der Waals surface area contributed by atoms with Crippen molar-refractivity contribution in [1.29, 1.82) is 0 Å². The van der Waals surface area contributed by atoms with Gasteiger partial charge in [0.1, 0.15) is 10.7 Å². The number of rotatable bonds is 6. The molecule has 1 heterocycles. The molecule has 0 saturated carbocycles. The molecule has 0 aliphatic carbocycles. The third kappa shape index (κ3) is 4.50. The lowest BCUT2D eigenvalue weighted by Crippen LogP contribution is -2.18. The summed E-state index contributed by atoms with van der Waals surface area (Å²) >= 11 is 1.40. The molecule has 0 unspecified atom stereocenters. The van der Waals surface area contributed by atoms with Crippen molar-refractivity contribution in [3.8, 4) is 10.6 Å². The molecule has 6 nitrogen and oxygen atoms in total. The van der Waals surface area contributed by atoms with Gasteiger partial charge in [0.05, 0.1) is 18.9 Å². The number of benzene rings is 2. The van der Waals surface area contributed by atoms with Crippen molar-refractivity contribution < 1.29 is 14.3 Å². The van der Waals surface area contributed by atoms with Crippen LogP contribution < -0.4 is 5.43 Å². The quantitative estimate of drug-likeness (QED) is 0.391. The lowest BCUT2D eigenvalue weighted by atomic mass is 10.1. The highest BCUT2D eigenvalue weighted by molar-refractivity contribution is 7.13. The van der Waals surface area contributed by atoms with E-state index in [4.69, 9.17) is 4.74 Å². The topological polar surface area (TPSA) is 80.7 Å². The highest BCUT2D eigenvalue weighted by atomic mass is 32.1. The number of aryl methyl sites for hydroxylation is 1. The number of esters is 1. The molecule has 0 aliphatic rings. The second-order valence-corrected chi connectivity index (χ2v) is 6.72. The summed E-state index contributed by atoms with van der Waals surface area (Å²) in [6.07, 6.45) is 2.38. The van der Waals surface area contributed by atoms with Crippen molar-refractivity contribution in [3.05, 3.63) is 76.3 Å². The molecule has 0 bridgehead atoms. The number of carbonyl (C=O) groups excluding carboxylic acids is 2. The maximum Gasteiger partial charge on any atom is 0.338 e. The Morgan fingerprint density at radius 3 is 2.64 bits per heavy atom. The summed E-state index contributed by atoms with van der Waals surface area (Å²) in [6.45, 7) is 2.10. The van der Waals surface area contributed by atoms with Crippen LogP contribution in [0.1, 0.15) is 38.9 Å². The molecule has 0 saturated heterocycles. The van der Waals surface area contributed by atoms with Crippen LogP contribution in [0.5, 0.6) is 0 Å². The van der Waals surface area contributed by atoms with Gasteiger partial charge in [0.25, 0.3) is 5.91 Å². The van der Waals surface area contributed by atoms with Crippen LogP contribution in [-0.4, -0.2) is 30.2 Å². The second kappa shape index (κ2) is 9.05. The molecule has 0 spiro atoms. The maximum atomic E-state index is 12.3. The van der Waals surface area contributed by atoms with E-state index in [0.717, 1.165) is 17.0 Å². The summed E-state index contributed by atoms with van der Waals surface area (Å²) in [6, 6.07) is 15.0. The van der Waals surface area contributed by atoms with Gasteiger partial charge >= 0.3 is 5.97 Å². The number of hydrazone groups is 1. The highest BCUT2D eigenvalue weighted by Crippen LogP contribution is 2.24. The molecule has 0 fully saturated rings. The molecule has 1 amide bonds. The number of methoxy groups -OCH3 is 1. The fraction of sp³-hybridized carbons (Fsp3) is 0.143. The van der Waals surface area contributed by atoms with E-state index in [1.807, 2.05) is 12.1 Å². The third-order valence-electron chi connectivity index (χ3n) is 4.08. The molecule has 142 valence electrons. The van der Waals surface area contributed by atoms with Crippen LogP contribution in [-0.2, 0) is 11.2 Å². The number of amides is 1. The molecule has 3 aromatic rings. The zero-order chi connectivity index (χ0) is 19.9. The van der Waals surface area contributed by atoms with Gasteiger partial charge in [-0.25, -0.2) is 15.2 Å². The maximum absolute atomic E-state index is 12.3. The van der Waals surface area contributed by atoms with E-state index in [-0.39, 0.29) is 5.69 Å². The first-order chi connectivity index (χ1) is 13.6. The summed E-state index contributed by atoms with van der Waals surface area (Å²) in [4.78, 5) is 28.4. The van der Waals surface area contributed by atoms with Gasteiger partial charge in [0, 0.05) is 16.5 Å². The fourth-order valence-electron chi connectivity index (χ4n) is 2.52. The van der Waals surface area contributed by atoms with E-state index in [2.05, 4.69) is 34.6 Å². The third-order valence-corrected chi connectivity index (χ3v) is 4.97. The Labute approximate surface area is 166 Å². The van der Waals surface area contributed by atoms with E-state index < -0.39 is 11.9 Å². The predicted octanol–water partition coefficient (Wildman–Crippen LogP) is 3.92. The SMILES string of the molecule is CCc1ccc(-c2nc(C(=O)N/N=C\c3ccccc3C(=O)OC)cs2)cc1. The minimum atomic E-state index is -0.466. The van der Waals surface area contributed by atoms with Crippen LogP contribution >= 0.6 is 11.3 Å². The largest absolute Gasteiger partial charge is 0.465 e. The summed E-state index contributed by atoms with van der Waals surface area (Å²) in [5.41, 5.74) is 5.86. The van der Waals surface area contributed by atoms with Gasteiger partial charge in [-0.2, -0.15) is 5.10 Å². The number of thiazole rings is 1. The van der Waals surface area contributed by atoms with Gasteiger partial charge in [-0.05, 0) is 18.1 Å². The van der Waals surface area contributed by atoms with Crippen molar-refractivity contribution in [1.82, 2.24) is 10.4 Å². The molecular weight excluding hydrogens is 374 g/mol. The molecule has 7 heteroatoms. The summed E-state index contributed by atoms with van der Waals surface area (Å²) in [7, 11) is 1.31. The smallest absolute Gasteiger partial charge is 0.338 e. The molecule has 1 N–H and O–H groups in total. The minimum absolute atomic E-state index is 0.290. The van der Waals surface area contributed by atoms with Crippen molar-refractivity contribution in [2.75, 3.05) is 7.11 Å². The van der Waals surface area contributed by atoms with E-state index >= 15 is 0 Å². The zero-order valence-corrected chi connectivity index (χ0v) is 16.3. The first-order valence-electron chi connectivity index (χ1n) is 8.68. The van der Waals surface area contributed by atoms with E-state index in [9.17, 15) is 9.59 Å². The zero-order valence-electron chi connectivity index (χ0n) is 15.5. The van der Waals surface area contributed by atoms with Crippen molar-refractivity contribution in [3.63, 3.8) is 0 Å². The van der Waals surface area contributed by atoms with E-state index in [1.165, 1.54) is 30.2 Å². The highest BCUT2D eigenvalue weighted by Gasteiger charge is 2.12. The number of nitrogens with one attached hydrogen (secondary N) is 1. The summed E-state index contributed by atoms with van der Waals surface area (Å²) in [5, 5.41) is 6.39. The molecular formula is C21H19N3O3S. The van der Waals surface area contributed by atoms with E-state index in [0.29, 0.717) is 11.1 Å². The molecule has 0 aliphatic heterocycles. The van der Waals surface area contributed by atoms with Crippen LogP contribution in [0.3, 0.4) is 0 Å². The number of hydrogen-bond acceptors (Lipinski definition) is 6. The van der Waals surface area contributed by atoms with Gasteiger partial charge < -0.3 is 4.74 Å². The average molecular weight is 393 g/mol. The Morgan fingerprint density at radius 2 is 1.93 bits per heavy atom. The Kier molecular flexibility index (Phi) is 6.29. The fourth-order valence-corrected chi connectivity index (χ4v) is 3.32. The van der Waals surface area contributed by atoms with Gasteiger partial charge in [0.2, 0.25) is 0 Å². The number of nitrogens with zero attached hydrogens (tertiary/aromatic N) is 2. The standard InChI is InChI=1S/C21H19N3O3S/c1-3-14-8-10-15(11-9-14)20-23-18(13-28-20)19(25)24-22-12-16-6-4-5-7-17(16)21(26)27-2/h4-13H,3H2,1-2H3,(H,24,25)/b22-12-. The molecule has 0 radical (unpaired) electrons. The number of ether oxygens (including phenoxy) is 1. The van der Waals surface area contributed by atoms with Crippen molar-refractivity contribution in [2.24, 2.45) is 5.10 Å². The predicted molar refractivity (Wildman–Crippen MR) is 110 cm³/mol. The van der Waals surface area contributed by atoms with Gasteiger partial charge in [-0.3, -0.25) is 4.79 Å². The lowest BCUT2D eigenvalue weighted by molar-refractivity contribution is 0.0600. The van der Waals surface area contributed by atoms with Crippen LogP contribution in [0.15, 0.2) is 59.0 Å². The molecule has 0 atom stereocenters. The van der Waals surface area contributed by atoms with Crippen molar-refractivity contribution >= 4 is 29.4 Å². The normalized spacial score (nSPS) is 10.8. The minimum Gasteiger partial charge on any atom is -0.465 e. The Morgan fingerprint density at radius 1 is 1.18 bits per heavy atom. The molecule has 28 heavy (non-hydrogen) atoms. The number of hydrogen-bond donors (Lipinski definition) is 1. The Bertz CT molecular complexity index is 1010. The monoisotopic (exact) mass is 393 g/mol. The van der Waals surface area contributed by atoms with Crippen molar-refractivity contribution in [2.45, 2.75) is 13.3 Å². The van der Waals surface area contributed by atoms with Crippen LogP contribution in [0.25, 0.3) is 10.6 Å². The van der Waals surface area contributed by atoms with Gasteiger partial charge in [0.15, 0.2) is 0 Å². The Balaban J connectivity index is 1.68. The number of carbonyl (C=O) groups is 2. The summed E-state index contributed by atoms with van der Waals surface area (Å²) in [5.74, 6) is -0.883.